The first kappa shape index (κ1) is 11.5. The van der Waals surface area contributed by atoms with Crippen LogP contribution in [0.5, 0.6) is 0 Å². The zero-order valence-electron chi connectivity index (χ0n) is 9.14. The number of aryl methyl sites for hydroxylation is 1. The average molecular weight is 248 g/mol. The van der Waals surface area contributed by atoms with E-state index in [1.807, 2.05) is 13.0 Å². The minimum absolute atomic E-state index is 0.294. The highest BCUT2D eigenvalue weighted by molar-refractivity contribution is 6.29. The Hall–Kier alpha value is -1.94. The summed E-state index contributed by atoms with van der Waals surface area (Å²) in [5, 5.41) is 2.98. The Morgan fingerprint density at radius 1 is 1.29 bits per heavy atom. The lowest BCUT2D eigenvalue weighted by molar-refractivity contribution is 0.102. The molecule has 0 aliphatic rings. The van der Waals surface area contributed by atoms with Crippen molar-refractivity contribution >= 4 is 23.3 Å². The second kappa shape index (κ2) is 4.93. The van der Waals surface area contributed by atoms with E-state index in [2.05, 4.69) is 15.3 Å². The van der Waals surface area contributed by atoms with Gasteiger partial charge < -0.3 is 5.32 Å². The third-order valence-corrected chi connectivity index (χ3v) is 2.39. The molecule has 0 saturated heterocycles. The van der Waals surface area contributed by atoms with E-state index >= 15 is 0 Å². The summed E-state index contributed by atoms with van der Waals surface area (Å²) in [6, 6.07) is 8.64. The van der Waals surface area contributed by atoms with Crippen LogP contribution in [0, 0.1) is 6.92 Å². The minimum Gasteiger partial charge on any atom is -0.305 e. The van der Waals surface area contributed by atoms with E-state index in [9.17, 15) is 4.79 Å². The first-order chi connectivity index (χ1) is 8.16. The van der Waals surface area contributed by atoms with Crippen molar-refractivity contribution in [2.24, 2.45) is 0 Å². The molecule has 2 aromatic rings. The highest BCUT2D eigenvalue weighted by Gasteiger charge is 2.10. The monoisotopic (exact) mass is 247 g/mol. The number of halogens is 1. The molecular weight excluding hydrogens is 238 g/mol. The minimum atomic E-state index is -0.294. The predicted octanol–water partition coefficient (Wildman–Crippen LogP) is 2.69. The molecule has 0 aliphatic heterocycles. The Kier molecular flexibility index (Phi) is 3.35. The molecule has 0 saturated carbocycles. The van der Waals surface area contributed by atoms with Crippen LogP contribution in [0.2, 0.25) is 5.15 Å². The molecule has 0 unspecified atom stereocenters. The van der Waals surface area contributed by atoms with E-state index in [4.69, 9.17) is 11.6 Å². The van der Waals surface area contributed by atoms with E-state index in [-0.39, 0.29) is 5.91 Å². The number of hydrogen-bond donors (Lipinski definition) is 1. The molecule has 1 amide bonds. The molecule has 5 heteroatoms. The fraction of sp³-hybridized carbons (Fsp3) is 0.0833. The molecule has 1 N–H and O–H groups in total. The lowest BCUT2D eigenvalue weighted by Gasteiger charge is -2.05. The molecule has 0 bridgehead atoms. The van der Waals surface area contributed by atoms with Gasteiger partial charge in [0, 0.05) is 6.20 Å². The fourth-order valence-corrected chi connectivity index (χ4v) is 1.54. The van der Waals surface area contributed by atoms with Crippen LogP contribution < -0.4 is 5.32 Å². The van der Waals surface area contributed by atoms with Crippen LogP contribution in [0.25, 0.3) is 0 Å². The van der Waals surface area contributed by atoms with Gasteiger partial charge in [0.25, 0.3) is 5.91 Å². The van der Waals surface area contributed by atoms with Gasteiger partial charge in [0.2, 0.25) is 0 Å². The van der Waals surface area contributed by atoms with Crippen LogP contribution in [0.15, 0.2) is 36.5 Å². The molecule has 0 radical (unpaired) electrons. The molecule has 0 aromatic carbocycles. The maximum Gasteiger partial charge on any atom is 0.275 e. The Morgan fingerprint density at radius 3 is 2.82 bits per heavy atom. The van der Waals surface area contributed by atoms with E-state index in [1.165, 1.54) is 0 Å². The number of rotatable bonds is 2. The van der Waals surface area contributed by atoms with Crippen LogP contribution in [0.3, 0.4) is 0 Å². The predicted molar refractivity (Wildman–Crippen MR) is 66.2 cm³/mol. The van der Waals surface area contributed by atoms with Gasteiger partial charge in [0.1, 0.15) is 16.7 Å². The fourth-order valence-electron chi connectivity index (χ4n) is 1.38. The summed E-state index contributed by atoms with van der Waals surface area (Å²) in [6.45, 7) is 1.83. The highest BCUT2D eigenvalue weighted by Crippen LogP contribution is 2.11. The van der Waals surface area contributed by atoms with E-state index in [0.717, 1.165) is 5.56 Å². The van der Waals surface area contributed by atoms with Gasteiger partial charge in [-0.2, -0.15) is 0 Å². The number of carbonyl (C=O) groups excluding carboxylic acids is 1. The second-order valence-corrected chi connectivity index (χ2v) is 3.86. The lowest BCUT2D eigenvalue weighted by atomic mass is 10.2. The van der Waals surface area contributed by atoms with Crippen molar-refractivity contribution in [3.63, 3.8) is 0 Å². The first-order valence-electron chi connectivity index (χ1n) is 5.02. The Balaban J connectivity index is 2.20. The number of nitrogens with one attached hydrogen (secondary N) is 1. The van der Waals surface area contributed by atoms with Crippen LogP contribution in [-0.4, -0.2) is 15.9 Å². The quantitative estimate of drug-likeness (QED) is 0.830. The van der Waals surface area contributed by atoms with E-state index in [1.54, 1.807) is 30.5 Å². The molecule has 2 rings (SSSR count). The molecule has 0 spiro atoms. The van der Waals surface area contributed by atoms with Gasteiger partial charge >= 0.3 is 0 Å². The maximum absolute atomic E-state index is 11.9. The summed E-state index contributed by atoms with van der Waals surface area (Å²) < 4.78 is 0. The van der Waals surface area contributed by atoms with Crippen molar-refractivity contribution in [3.8, 4) is 0 Å². The number of amides is 1. The van der Waals surface area contributed by atoms with Gasteiger partial charge in [-0.1, -0.05) is 23.7 Å². The van der Waals surface area contributed by atoms with E-state index in [0.29, 0.717) is 16.7 Å². The zero-order valence-corrected chi connectivity index (χ0v) is 9.90. The number of carbonyl (C=O) groups is 1. The van der Waals surface area contributed by atoms with Gasteiger partial charge in [0.05, 0.1) is 0 Å². The Bertz CT molecular complexity index is 557. The van der Waals surface area contributed by atoms with E-state index < -0.39 is 0 Å². The molecule has 17 heavy (non-hydrogen) atoms. The van der Waals surface area contributed by atoms with Crippen LogP contribution in [0.4, 0.5) is 5.82 Å². The smallest absolute Gasteiger partial charge is 0.275 e. The summed E-state index contributed by atoms with van der Waals surface area (Å²) in [6.07, 6.45) is 1.58. The Morgan fingerprint density at radius 2 is 2.12 bits per heavy atom. The number of hydrogen-bond acceptors (Lipinski definition) is 3. The number of nitrogens with zero attached hydrogens (tertiary/aromatic N) is 2. The summed E-state index contributed by atoms with van der Waals surface area (Å²) in [5.41, 5.74) is 1.20. The standard InChI is InChI=1S/C12H10ClN3O/c1-8-4-3-7-14-11(8)12(17)16-10-6-2-5-9(13)15-10/h2-7H,1H3,(H,15,16,17). The van der Waals surface area contributed by atoms with Crippen molar-refractivity contribution in [1.82, 2.24) is 9.97 Å². The average Bonchev–Trinajstić information content (AvgIpc) is 2.29. The highest BCUT2D eigenvalue weighted by atomic mass is 35.5. The summed E-state index contributed by atoms with van der Waals surface area (Å²) >= 11 is 5.73. The SMILES string of the molecule is Cc1cccnc1C(=O)Nc1cccc(Cl)n1. The zero-order chi connectivity index (χ0) is 12.3. The van der Waals surface area contributed by atoms with Crippen molar-refractivity contribution in [2.75, 3.05) is 5.32 Å². The van der Waals surface area contributed by atoms with Crippen LogP contribution in [-0.2, 0) is 0 Å². The van der Waals surface area contributed by atoms with Gasteiger partial charge in [-0.3, -0.25) is 9.78 Å². The molecule has 2 heterocycles. The summed E-state index contributed by atoms with van der Waals surface area (Å²) in [5.74, 6) is 0.116. The molecular formula is C12H10ClN3O. The molecule has 0 aliphatic carbocycles. The van der Waals surface area contributed by atoms with Crippen molar-refractivity contribution < 1.29 is 4.79 Å². The summed E-state index contributed by atoms with van der Waals surface area (Å²) in [7, 11) is 0. The third kappa shape index (κ3) is 2.79. The molecule has 2 aromatic heterocycles. The third-order valence-electron chi connectivity index (χ3n) is 2.18. The van der Waals surface area contributed by atoms with Gasteiger partial charge in [-0.25, -0.2) is 4.98 Å². The van der Waals surface area contributed by atoms with Gasteiger partial charge in [0.15, 0.2) is 0 Å². The van der Waals surface area contributed by atoms with Crippen molar-refractivity contribution in [2.45, 2.75) is 6.92 Å². The second-order valence-electron chi connectivity index (χ2n) is 3.47. The number of anilines is 1. The normalized spacial score (nSPS) is 10.0. The molecule has 0 atom stereocenters. The number of pyridine rings is 2. The van der Waals surface area contributed by atoms with Crippen LogP contribution >= 0.6 is 11.6 Å². The van der Waals surface area contributed by atoms with Crippen LogP contribution in [0.1, 0.15) is 16.1 Å². The summed E-state index contributed by atoms with van der Waals surface area (Å²) in [4.78, 5) is 19.9. The van der Waals surface area contributed by atoms with Crippen molar-refractivity contribution in [1.29, 1.82) is 0 Å². The number of aromatic nitrogens is 2. The molecule has 0 fully saturated rings. The van der Waals surface area contributed by atoms with Crippen molar-refractivity contribution in [3.05, 3.63) is 52.9 Å². The van der Waals surface area contributed by atoms with Gasteiger partial charge in [-0.05, 0) is 30.7 Å². The maximum atomic E-state index is 11.9. The molecule has 4 nitrogen and oxygen atoms in total. The van der Waals surface area contributed by atoms with Gasteiger partial charge in [-0.15, -0.1) is 0 Å². The topological polar surface area (TPSA) is 54.9 Å². The molecule has 86 valence electrons. The first-order valence-corrected chi connectivity index (χ1v) is 5.40. The largest absolute Gasteiger partial charge is 0.305 e. The Labute approximate surface area is 104 Å². The lowest BCUT2D eigenvalue weighted by Crippen LogP contribution is -2.15.